The molecule has 0 aliphatic heterocycles. The molecule has 1 rings (SSSR count). The summed E-state index contributed by atoms with van der Waals surface area (Å²) in [7, 11) is 0. The van der Waals surface area contributed by atoms with Crippen molar-refractivity contribution in [2.75, 3.05) is 0 Å². The second kappa shape index (κ2) is 5.30. The molecule has 0 bridgehead atoms. The quantitative estimate of drug-likeness (QED) is 0.628. The van der Waals surface area contributed by atoms with Gasteiger partial charge in [0.05, 0.1) is 11.1 Å². The van der Waals surface area contributed by atoms with Gasteiger partial charge in [0, 0.05) is 4.88 Å². The zero-order chi connectivity index (χ0) is 11.5. The molecular weight excluding hydrogens is 228 g/mol. The first-order valence-corrected chi connectivity index (χ1v) is 6.39. The van der Waals surface area contributed by atoms with Crippen molar-refractivity contribution >= 4 is 22.9 Å². The second-order valence-corrected chi connectivity index (χ2v) is 6.31. The normalized spacial score (nSPS) is 14.2. The number of hydrogen-bond acceptors (Lipinski definition) is 3. The van der Waals surface area contributed by atoms with Crippen LogP contribution in [0.25, 0.3) is 0 Å². The molecule has 0 fully saturated rings. The lowest BCUT2D eigenvalue weighted by Gasteiger charge is -2.22. The van der Waals surface area contributed by atoms with Crippen LogP contribution in [-0.2, 0) is 0 Å². The van der Waals surface area contributed by atoms with E-state index in [0.717, 1.165) is 22.7 Å². The summed E-state index contributed by atoms with van der Waals surface area (Å²) in [6, 6.07) is 2.10. The van der Waals surface area contributed by atoms with Crippen molar-refractivity contribution in [1.29, 1.82) is 0 Å². The van der Waals surface area contributed by atoms with Crippen LogP contribution in [0.5, 0.6) is 0 Å². The Labute approximate surface area is 101 Å². The number of hydrogen-bond donors (Lipinski definition) is 2. The molecule has 0 saturated carbocycles. The Kier molecular flexibility index (Phi) is 4.59. The molecule has 86 valence electrons. The molecule has 1 aromatic heterocycles. The summed E-state index contributed by atoms with van der Waals surface area (Å²) in [6.45, 7) is 6.70. The lowest BCUT2D eigenvalue weighted by molar-refractivity contribution is 0.335. The van der Waals surface area contributed by atoms with Crippen molar-refractivity contribution < 1.29 is 0 Å². The third-order valence-corrected chi connectivity index (χ3v) is 3.82. The summed E-state index contributed by atoms with van der Waals surface area (Å²) in [4.78, 5) is 1.14. The van der Waals surface area contributed by atoms with Crippen LogP contribution in [0, 0.1) is 5.41 Å². The fourth-order valence-corrected chi connectivity index (χ4v) is 2.71. The molecule has 0 aliphatic rings. The maximum absolute atomic E-state index is 6.08. The number of thiophene rings is 1. The maximum atomic E-state index is 6.08. The van der Waals surface area contributed by atoms with Gasteiger partial charge in [0.15, 0.2) is 0 Å². The lowest BCUT2D eigenvalue weighted by Crippen LogP contribution is -2.28. The molecule has 0 radical (unpaired) electrons. The average molecular weight is 247 g/mol. The second-order valence-electron chi connectivity index (χ2n) is 4.95. The SMILES string of the molecule is CC(C)(C)CCC(NN)c1sccc1Cl. The van der Waals surface area contributed by atoms with Crippen LogP contribution >= 0.6 is 22.9 Å². The van der Waals surface area contributed by atoms with Gasteiger partial charge < -0.3 is 0 Å². The molecule has 1 heterocycles. The van der Waals surface area contributed by atoms with E-state index in [1.54, 1.807) is 11.3 Å². The van der Waals surface area contributed by atoms with Gasteiger partial charge in [-0.15, -0.1) is 11.3 Å². The molecule has 1 unspecified atom stereocenters. The van der Waals surface area contributed by atoms with E-state index in [1.807, 2.05) is 11.4 Å². The van der Waals surface area contributed by atoms with Crippen LogP contribution in [0.15, 0.2) is 11.4 Å². The third-order valence-electron chi connectivity index (χ3n) is 2.35. The molecule has 1 atom stereocenters. The van der Waals surface area contributed by atoms with Crippen LogP contribution in [-0.4, -0.2) is 0 Å². The number of nitrogens with two attached hydrogens (primary N) is 1. The highest BCUT2D eigenvalue weighted by Crippen LogP contribution is 2.33. The molecule has 15 heavy (non-hydrogen) atoms. The highest BCUT2D eigenvalue weighted by atomic mass is 35.5. The Hall–Kier alpha value is -0.0900. The molecule has 0 spiro atoms. The summed E-state index contributed by atoms with van der Waals surface area (Å²) in [5, 5.41) is 2.82. The summed E-state index contributed by atoms with van der Waals surface area (Å²) >= 11 is 7.74. The van der Waals surface area contributed by atoms with Gasteiger partial charge in [-0.3, -0.25) is 11.3 Å². The van der Waals surface area contributed by atoms with Crippen LogP contribution in [0.4, 0.5) is 0 Å². The predicted molar refractivity (Wildman–Crippen MR) is 68.1 cm³/mol. The minimum atomic E-state index is 0.178. The topological polar surface area (TPSA) is 38.0 Å². The third kappa shape index (κ3) is 4.11. The number of nitrogens with one attached hydrogen (secondary N) is 1. The Morgan fingerprint density at radius 2 is 2.20 bits per heavy atom. The van der Waals surface area contributed by atoms with Gasteiger partial charge in [0.25, 0.3) is 0 Å². The van der Waals surface area contributed by atoms with Crippen molar-refractivity contribution in [3.05, 3.63) is 21.3 Å². The molecular formula is C11H19ClN2S. The van der Waals surface area contributed by atoms with E-state index in [2.05, 4.69) is 26.2 Å². The van der Waals surface area contributed by atoms with Crippen LogP contribution in [0.1, 0.15) is 44.5 Å². The molecule has 0 amide bonds. The fraction of sp³-hybridized carbons (Fsp3) is 0.636. The van der Waals surface area contributed by atoms with Crippen molar-refractivity contribution in [2.45, 2.75) is 39.7 Å². The van der Waals surface area contributed by atoms with Crippen LogP contribution in [0.2, 0.25) is 5.02 Å². The number of hydrazine groups is 1. The highest BCUT2D eigenvalue weighted by molar-refractivity contribution is 7.10. The molecule has 3 N–H and O–H groups in total. The zero-order valence-electron chi connectivity index (χ0n) is 9.51. The molecule has 0 saturated heterocycles. The van der Waals surface area contributed by atoms with Gasteiger partial charge in [-0.05, 0) is 29.7 Å². The van der Waals surface area contributed by atoms with Crippen molar-refractivity contribution in [3.8, 4) is 0 Å². The van der Waals surface area contributed by atoms with E-state index >= 15 is 0 Å². The van der Waals surface area contributed by atoms with E-state index < -0.39 is 0 Å². The van der Waals surface area contributed by atoms with E-state index in [-0.39, 0.29) is 6.04 Å². The smallest absolute Gasteiger partial charge is 0.0568 e. The van der Waals surface area contributed by atoms with Gasteiger partial charge in [-0.1, -0.05) is 32.4 Å². The first-order valence-electron chi connectivity index (χ1n) is 5.13. The molecule has 1 aromatic rings. The molecule has 2 nitrogen and oxygen atoms in total. The minimum Gasteiger partial charge on any atom is -0.271 e. The van der Waals surface area contributed by atoms with Crippen molar-refractivity contribution in [3.63, 3.8) is 0 Å². The Balaban J connectivity index is 2.61. The monoisotopic (exact) mass is 246 g/mol. The summed E-state index contributed by atoms with van der Waals surface area (Å²) in [5.74, 6) is 5.56. The van der Waals surface area contributed by atoms with E-state index in [0.29, 0.717) is 5.41 Å². The summed E-state index contributed by atoms with van der Waals surface area (Å²) < 4.78 is 0. The van der Waals surface area contributed by atoms with E-state index in [1.165, 1.54) is 0 Å². The average Bonchev–Trinajstić information content (AvgIpc) is 2.52. The largest absolute Gasteiger partial charge is 0.271 e. The molecule has 4 heteroatoms. The number of halogens is 1. The first kappa shape index (κ1) is 13.0. The highest BCUT2D eigenvalue weighted by Gasteiger charge is 2.18. The predicted octanol–water partition coefficient (Wildman–Crippen LogP) is 3.73. The van der Waals surface area contributed by atoms with Gasteiger partial charge in [0.2, 0.25) is 0 Å². The van der Waals surface area contributed by atoms with Gasteiger partial charge in [-0.2, -0.15) is 0 Å². The maximum Gasteiger partial charge on any atom is 0.0568 e. The van der Waals surface area contributed by atoms with Crippen molar-refractivity contribution in [1.82, 2.24) is 5.43 Å². The van der Waals surface area contributed by atoms with Gasteiger partial charge >= 0.3 is 0 Å². The van der Waals surface area contributed by atoms with Gasteiger partial charge in [-0.25, -0.2) is 0 Å². The molecule has 0 aromatic carbocycles. The van der Waals surface area contributed by atoms with Crippen LogP contribution < -0.4 is 11.3 Å². The first-order chi connectivity index (χ1) is 6.94. The standard InChI is InChI=1S/C11H19ClN2S/c1-11(2,3)6-4-9(14-13)10-8(12)5-7-15-10/h5,7,9,14H,4,6,13H2,1-3H3. The molecule has 0 aliphatic carbocycles. The zero-order valence-corrected chi connectivity index (χ0v) is 11.1. The fourth-order valence-electron chi connectivity index (χ4n) is 1.42. The summed E-state index contributed by atoms with van der Waals surface area (Å²) in [5.41, 5.74) is 3.18. The van der Waals surface area contributed by atoms with Crippen LogP contribution in [0.3, 0.4) is 0 Å². The number of rotatable bonds is 4. The Bertz CT molecular complexity index is 304. The Morgan fingerprint density at radius 1 is 1.53 bits per heavy atom. The van der Waals surface area contributed by atoms with Gasteiger partial charge in [0.1, 0.15) is 0 Å². The lowest BCUT2D eigenvalue weighted by atomic mass is 9.88. The van der Waals surface area contributed by atoms with E-state index in [9.17, 15) is 0 Å². The van der Waals surface area contributed by atoms with E-state index in [4.69, 9.17) is 17.4 Å². The summed E-state index contributed by atoms with van der Waals surface area (Å²) in [6.07, 6.45) is 2.14. The Morgan fingerprint density at radius 3 is 2.60 bits per heavy atom. The van der Waals surface area contributed by atoms with Crippen molar-refractivity contribution in [2.24, 2.45) is 11.3 Å². The minimum absolute atomic E-state index is 0.178.